The highest BCUT2D eigenvalue weighted by atomic mass is 32.2. The standard InChI is InChI=1S/C10H24BN3O6S/c1-14(2)21(19,20)13-8-6-10(12,9(15)16)5-3-4-7-11(17)18/h13,17-18H,3-8,12H2,1-2H3,(H,15,16). The van der Waals surface area contributed by atoms with Crippen molar-refractivity contribution in [2.75, 3.05) is 20.6 Å². The van der Waals surface area contributed by atoms with E-state index in [4.69, 9.17) is 20.9 Å². The minimum absolute atomic E-state index is 0.0585. The Balaban J connectivity index is 4.38. The van der Waals surface area contributed by atoms with E-state index in [0.717, 1.165) is 4.31 Å². The number of rotatable bonds is 11. The molecule has 0 spiro atoms. The van der Waals surface area contributed by atoms with Crippen molar-refractivity contribution in [1.29, 1.82) is 0 Å². The molecule has 9 nitrogen and oxygen atoms in total. The predicted octanol–water partition coefficient (Wildman–Crippen LogP) is -1.80. The van der Waals surface area contributed by atoms with Crippen molar-refractivity contribution in [2.24, 2.45) is 5.73 Å². The van der Waals surface area contributed by atoms with Crippen molar-refractivity contribution in [3.05, 3.63) is 0 Å². The number of carboxylic acids is 1. The number of hydrogen-bond acceptors (Lipinski definition) is 6. The van der Waals surface area contributed by atoms with Gasteiger partial charge in [-0.2, -0.15) is 12.7 Å². The molecule has 0 rings (SSSR count). The van der Waals surface area contributed by atoms with Gasteiger partial charge in [-0.15, -0.1) is 0 Å². The average Bonchev–Trinajstić information content (AvgIpc) is 2.33. The zero-order valence-electron chi connectivity index (χ0n) is 12.3. The summed E-state index contributed by atoms with van der Waals surface area (Å²) in [6.07, 6.45) is 1.03. The summed E-state index contributed by atoms with van der Waals surface area (Å²) in [5.41, 5.74) is 4.24. The molecule has 6 N–H and O–H groups in total. The predicted molar refractivity (Wildman–Crippen MR) is 78.6 cm³/mol. The zero-order chi connectivity index (χ0) is 16.7. The SMILES string of the molecule is CN(C)S(=O)(=O)NCCC(N)(CCCCB(O)O)C(=O)O. The van der Waals surface area contributed by atoms with Gasteiger partial charge in [-0.05, 0) is 19.2 Å². The fraction of sp³-hybridized carbons (Fsp3) is 0.900. The van der Waals surface area contributed by atoms with Crippen LogP contribution in [-0.2, 0) is 15.0 Å². The molecule has 124 valence electrons. The van der Waals surface area contributed by atoms with Crippen LogP contribution in [0.3, 0.4) is 0 Å². The lowest BCUT2D eigenvalue weighted by atomic mass is 9.81. The van der Waals surface area contributed by atoms with E-state index in [-0.39, 0.29) is 25.7 Å². The van der Waals surface area contributed by atoms with E-state index < -0.39 is 28.8 Å². The third kappa shape index (κ3) is 7.74. The number of hydrogen-bond donors (Lipinski definition) is 5. The van der Waals surface area contributed by atoms with Crippen LogP contribution in [0.15, 0.2) is 0 Å². The molecule has 0 aromatic rings. The number of nitrogens with two attached hydrogens (primary N) is 1. The summed E-state index contributed by atoms with van der Waals surface area (Å²) in [5, 5.41) is 26.6. The normalized spacial score (nSPS) is 15.0. The van der Waals surface area contributed by atoms with E-state index in [0.29, 0.717) is 12.8 Å². The van der Waals surface area contributed by atoms with Crippen LogP contribution >= 0.6 is 0 Å². The van der Waals surface area contributed by atoms with Gasteiger partial charge in [0.25, 0.3) is 10.2 Å². The minimum atomic E-state index is -3.61. The summed E-state index contributed by atoms with van der Waals surface area (Å²) < 4.78 is 26.2. The quantitative estimate of drug-likeness (QED) is 0.222. The molecule has 0 bridgehead atoms. The van der Waals surface area contributed by atoms with Crippen LogP contribution in [0.2, 0.25) is 6.32 Å². The van der Waals surface area contributed by atoms with Gasteiger partial charge in [-0.1, -0.05) is 12.8 Å². The first-order chi connectivity index (χ1) is 9.51. The highest BCUT2D eigenvalue weighted by Gasteiger charge is 2.33. The maximum Gasteiger partial charge on any atom is 0.451 e. The number of aliphatic carboxylic acids is 1. The smallest absolute Gasteiger partial charge is 0.451 e. The molecule has 0 aliphatic rings. The fourth-order valence-electron chi connectivity index (χ4n) is 1.64. The maximum absolute atomic E-state index is 11.5. The van der Waals surface area contributed by atoms with Crippen LogP contribution in [0.1, 0.15) is 25.7 Å². The van der Waals surface area contributed by atoms with E-state index in [2.05, 4.69) is 4.72 Å². The summed E-state index contributed by atoms with van der Waals surface area (Å²) in [7, 11) is -2.32. The lowest BCUT2D eigenvalue weighted by molar-refractivity contribution is -0.143. The Morgan fingerprint density at radius 2 is 1.86 bits per heavy atom. The van der Waals surface area contributed by atoms with Gasteiger partial charge in [0.15, 0.2) is 0 Å². The molecule has 1 atom stereocenters. The molecule has 0 saturated carbocycles. The number of nitrogens with one attached hydrogen (secondary N) is 1. The topological polar surface area (TPSA) is 153 Å². The van der Waals surface area contributed by atoms with E-state index in [9.17, 15) is 13.2 Å². The van der Waals surface area contributed by atoms with Gasteiger partial charge in [-0.3, -0.25) is 4.79 Å². The highest BCUT2D eigenvalue weighted by molar-refractivity contribution is 7.87. The molecule has 0 aromatic carbocycles. The second-order valence-electron chi connectivity index (χ2n) is 5.12. The van der Waals surface area contributed by atoms with Crippen molar-refractivity contribution in [3.63, 3.8) is 0 Å². The van der Waals surface area contributed by atoms with Crippen molar-refractivity contribution in [2.45, 2.75) is 37.5 Å². The van der Waals surface area contributed by atoms with E-state index in [1.807, 2.05) is 0 Å². The molecule has 0 aromatic heterocycles. The molecule has 21 heavy (non-hydrogen) atoms. The molecule has 1 unspecified atom stereocenters. The van der Waals surface area contributed by atoms with Gasteiger partial charge < -0.3 is 20.9 Å². The van der Waals surface area contributed by atoms with Crippen molar-refractivity contribution < 1.29 is 28.4 Å². The third-order valence-electron chi connectivity index (χ3n) is 3.10. The molecule has 0 heterocycles. The molecule has 0 aliphatic heterocycles. The summed E-state index contributed by atoms with van der Waals surface area (Å²) in [4.78, 5) is 11.2. The number of nitrogens with zero attached hydrogens (tertiary/aromatic N) is 1. The summed E-state index contributed by atoms with van der Waals surface area (Å²) in [5.74, 6) is -1.21. The Morgan fingerprint density at radius 3 is 2.29 bits per heavy atom. The molecule has 11 heteroatoms. The Hall–Kier alpha value is -0.715. The minimum Gasteiger partial charge on any atom is -0.480 e. The molecule has 0 aliphatic carbocycles. The first-order valence-corrected chi connectivity index (χ1v) is 8.01. The van der Waals surface area contributed by atoms with Crippen LogP contribution in [-0.4, -0.2) is 67.1 Å². The van der Waals surface area contributed by atoms with Crippen LogP contribution in [0.5, 0.6) is 0 Å². The number of unbranched alkanes of at least 4 members (excludes halogenated alkanes) is 1. The van der Waals surface area contributed by atoms with E-state index >= 15 is 0 Å². The average molecular weight is 325 g/mol. The molecular formula is C10H24BN3O6S. The largest absolute Gasteiger partial charge is 0.480 e. The lowest BCUT2D eigenvalue weighted by Gasteiger charge is -2.25. The molecule has 0 radical (unpaired) electrons. The van der Waals surface area contributed by atoms with Crippen molar-refractivity contribution in [3.8, 4) is 0 Å². The molecule has 0 saturated heterocycles. The van der Waals surface area contributed by atoms with E-state index in [1.54, 1.807) is 0 Å². The first kappa shape index (κ1) is 20.3. The second kappa shape index (κ2) is 8.66. The van der Waals surface area contributed by atoms with Crippen molar-refractivity contribution >= 4 is 23.3 Å². The molecular weight excluding hydrogens is 301 g/mol. The summed E-state index contributed by atoms with van der Waals surface area (Å²) in [6, 6.07) is 0. The van der Waals surface area contributed by atoms with Gasteiger partial charge in [-0.25, -0.2) is 4.72 Å². The second-order valence-corrected chi connectivity index (χ2v) is 7.09. The molecule has 0 fully saturated rings. The Kier molecular flexibility index (Phi) is 8.37. The van der Waals surface area contributed by atoms with Crippen molar-refractivity contribution in [1.82, 2.24) is 9.03 Å². The Labute approximate surface area is 125 Å². The first-order valence-electron chi connectivity index (χ1n) is 6.57. The maximum atomic E-state index is 11.5. The van der Waals surface area contributed by atoms with Crippen LogP contribution in [0.25, 0.3) is 0 Å². The van der Waals surface area contributed by atoms with Crippen LogP contribution < -0.4 is 10.5 Å². The summed E-state index contributed by atoms with van der Waals surface area (Å²) in [6.45, 7) is -0.0913. The zero-order valence-corrected chi connectivity index (χ0v) is 13.1. The third-order valence-corrected chi connectivity index (χ3v) is 4.63. The lowest BCUT2D eigenvalue weighted by Crippen LogP contribution is -2.50. The van der Waals surface area contributed by atoms with Crippen LogP contribution in [0.4, 0.5) is 0 Å². The highest BCUT2D eigenvalue weighted by Crippen LogP contribution is 2.17. The van der Waals surface area contributed by atoms with Gasteiger partial charge in [0.1, 0.15) is 5.54 Å². The summed E-state index contributed by atoms with van der Waals surface area (Å²) >= 11 is 0. The monoisotopic (exact) mass is 325 g/mol. The fourth-order valence-corrected chi connectivity index (χ4v) is 2.26. The van der Waals surface area contributed by atoms with Crippen LogP contribution in [0, 0.1) is 0 Å². The number of carbonyl (C=O) groups is 1. The Bertz CT molecular complexity index is 431. The van der Waals surface area contributed by atoms with Gasteiger partial charge in [0.05, 0.1) is 0 Å². The van der Waals surface area contributed by atoms with E-state index in [1.165, 1.54) is 14.1 Å². The molecule has 0 amide bonds. The van der Waals surface area contributed by atoms with Gasteiger partial charge in [0.2, 0.25) is 0 Å². The number of carboxylic acid groups (broad SMARTS) is 1. The Morgan fingerprint density at radius 1 is 1.29 bits per heavy atom. The van der Waals surface area contributed by atoms with Gasteiger partial charge >= 0.3 is 13.1 Å². The van der Waals surface area contributed by atoms with Gasteiger partial charge in [0, 0.05) is 20.6 Å².